The molecular weight excluding hydrogens is 202 g/mol. The lowest BCUT2D eigenvalue weighted by atomic mass is 10.0. The Morgan fingerprint density at radius 1 is 1.31 bits per heavy atom. The molecule has 1 rings (SSSR count). The van der Waals surface area contributed by atoms with Crippen LogP contribution < -0.4 is 5.73 Å². The molecule has 0 aliphatic rings. The van der Waals surface area contributed by atoms with Crippen molar-refractivity contribution < 1.29 is 9.53 Å². The summed E-state index contributed by atoms with van der Waals surface area (Å²) in [6.45, 7) is 3.69. The van der Waals surface area contributed by atoms with Crippen LogP contribution >= 0.6 is 0 Å². The molecule has 0 fully saturated rings. The summed E-state index contributed by atoms with van der Waals surface area (Å²) < 4.78 is 5.19. The maximum Gasteiger partial charge on any atom is 0.208 e. The maximum atomic E-state index is 11.9. The van der Waals surface area contributed by atoms with Gasteiger partial charge < -0.3 is 10.5 Å². The number of benzene rings is 1. The molecular formula is C13H17NO2. The Kier molecular flexibility index (Phi) is 3.85. The van der Waals surface area contributed by atoms with Gasteiger partial charge in [-0.3, -0.25) is 4.79 Å². The first kappa shape index (κ1) is 12.5. The molecule has 0 amide bonds. The molecule has 0 saturated heterocycles. The maximum absolute atomic E-state index is 11.9. The van der Waals surface area contributed by atoms with Gasteiger partial charge in [0, 0.05) is 12.7 Å². The van der Waals surface area contributed by atoms with Crippen LogP contribution in [0.4, 0.5) is 0 Å². The van der Waals surface area contributed by atoms with Crippen LogP contribution in [0.15, 0.2) is 42.1 Å². The molecule has 3 nitrogen and oxygen atoms in total. The number of allylic oxidation sites excluding steroid dienone is 1. The third-order valence-corrected chi connectivity index (χ3v) is 2.33. The zero-order chi connectivity index (χ0) is 12.2. The third-order valence-electron chi connectivity index (χ3n) is 2.33. The molecule has 86 valence electrons. The number of rotatable bonds is 4. The molecule has 0 aromatic heterocycles. The standard InChI is InChI=1S/C13H17NO2/c1-13(2,16-3)9-11(14)12(15)10-7-5-4-6-8-10/h4-9H,14H2,1-3H3/b11-9+. The fraction of sp³-hybridized carbons (Fsp3) is 0.308. The van der Waals surface area contributed by atoms with Gasteiger partial charge >= 0.3 is 0 Å². The number of carbonyl (C=O) groups is 1. The van der Waals surface area contributed by atoms with E-state index in [1.165, 1.54) is 0 Å². The van der Waals surface area contributed by atoms with E-state index >= 15 is 0 Å². The van der Waals surface area contributed by atoms with Crippen molar-refractivity contribution >= 4 is 5.78 Å². The Balaban J connectivity index is 2.92. The van der Waals surface area contributed by atoms with E-state index in [-0.39, 0.29) is 11.5 Å². The second-order valence-electron chi connectivity index (χ2n) is 4.10. The van der Waals surface area contributed by atoms with Crippen molar-refractivity contribution in [2.75, 3.05) is 7.11 Å². The van der Waals surface area contributed by atoms with Crippen molar-refractivity contribution in [1.82, 2.24) is 0 Å². The van der Waals surface area contributed by atoms with E-state index < -0.39 is 5.60 Å². The Bertz CT molecular complexity index is 394. The summed E-state index contributed by atoms with van der Waals surface area (Å²) in [5.41, 5.74) is 6.00. The van der Waals surface area contributed by atoms with Gasteiger partial charge in [0.1, 0.15) is 0 Å². The van der Waals surface area contributed by atoms with Gasteiger partial charge in [0.05, 0.1) is 11.3 Å². The number of carbonyl (C=O) groups excluding carboxylic acids is 1. The minimum absolute atomic E-state index is 0.175. The number of Topliss-reactive ketones (excluding diaryl/α,β-unsaturated/α-hetero) is 1. The topological polar surface area (TPSA) is 52.3 Å². The molecule has 0 aliphatic carbocycles. The number of nitrogens with two attached hydrogens (primary N) is 1. The summed E-state index contributed by atoms with van der Waals surface area (Å²) in [6, 6.07) is 8.95. The highest BCUT2D eigenvalue weighted by Gasteiger charge is 2.17. The highest BCUT2D eigenvalue weighted by Crippen LogP contribution is 2.13. The van der Waals surface area contributed by atoms with E-state index in [1.807, 2.05) is 32.0 Å². The molecule has 0 saturated carbocycles. The summed E-state index contributed by atoms with van der Waals surface area (Å²) in [4.78, 5) is 11.9. The summed E-state index contributed by atoms with van der Waals surface area (Å²) in [7, 11) is 1.58. The number of ether oxygens (including phenoxy) is 1. The lowest BCUT2D eigenvalue weighted by molar-refractivity contribution is 0.0641. The predicted octanol–water partition coefficient (Wildman–Crippen LogP) is 2.14. The Hall–Kier alpha value is -1.61. The molecule has 0 aliphatic heterocycles. The molecule has 16 heavy (non-hydrogen) atoms. The average molecular weight is 219 g/mol. The van der Waals surface area contributed by atoms with Gasteiger partial charge in [0.25, 0.3) is 0 Å². The molecule has 1 aromatic rings. The van der Waals surface area contributed by atoms with Gasteiger partial charge in [0.15, 0.2) is 0 Å². The summed E-state index contributed by atoms with van der Waals surface area (Å²) in [6.07, 6.45) is 1.63. The molecule has 0 atom stereocenters. The van der Waals surface area contributed by atoms with Crippen molar-refractivity contribution in [2.24, 2.45) is 5.73 Å². The van der Waals surface area contributed by atoms with Crippen molar-refractivity contribution in [3.63, 3.8) is 0 Å². The number of hydrogen-bond acceptors (Lipinski definition) is 3. The smallest absolute Gasteiger partial charge is 0.208 e. The van der Waals surface area contributed by atoms with Crippen molar-refractivity contribution in [3.05, 3.63) is 47.7 Å². The minimum atomic E-state index is -0.533. The molecule has 0 heterocycles. The zero-order valence-electron chi connectivity index (χ0n) is 9.86. The quantitative estimate of drug-likeness (QED) is 0.623. The lowest BCUT2D eigenvalue weighted by Gasteiger charge is -2.18. The van der Waals surface area contributed by atoms with E-state index in [1.54, 1.807) is 25.3 Å². The Labute approximate surface area is 95.9 Å². The van der Waals surface area contributed by atoms with Gasteiger partial charge in [-0.2, -0.15) is 0 Å². The monoisotopic (exact) mass is 219 g/mol. The van der Waals surface area contributed by atoms with Gasteiger partial charge in [-0.05, 0) is 19.9 Å². The molecule has 0 bridgehead atoms. The Morgan fingerprint density at radius 2 is 1.88 bits per heavy atom. The number of ketones is 1. The highest BCUT2D eigenvalue weighted by atomic mass is 16.5. The van der Waals surface area contributed by atoms with Crippen LogP contribution in [0.1, 0.15) is 24.2 Å². The molecule has 0 radical (unpaired) electrons. The van der Waals surface area contributed by atoms with Crippen LogP contribution in [-0.4, -0.2) is 18.5 Å². The van der Waals surface area contributed by atoms with E-state index in [4.69, 9.17) is 10.5 Å². The normalized spacial score (nSPS) is 12.6. The molecule has 0 unspecified atom stereocenters. The number of hydrogen-bond donors (Lipinski definition) is 1. The lowest BCUT2D eigenvalue weighted by Crippen LogP contribution is -2.23. The zero-order valence-corrected chi connectivity index (χ0v) is 9.86. The second-order valence-corrected chi connectivity index (χ2v) is 4.10. The van der Waals surface area contributed by atoms with Crippen LogP contribution in [0.3, 0.4) is 0 Å². The van der Waals surface area contributed by atoms with E-state index in [0.717, 1.165) is 0 Å². The highest BCUT2D eigenvalue weighted by molar-refractivity contribution is 6.08. The first-order valence-electron chi connectivity index (χ1n) is 5.09. The summed E-state index contributed by atoms with van der Waals surface area (Å²) in [5, 5.41) is 0. The molecule has 0 spiro atoms. The first-order chi connectivity index (χ1) is 7.46. The first-order valence-corrected chi connectivity index (χ1v) is 5.09. The van der Waals surface area contributed by atoms with E-state index in [2.05, 4.69) is 0 Å². The van der Waals surface area contributed by atoms with E-state index in [0.29, 0.717) is 5.56 Å². The predicted molar refractivity (Wildman–Crippen MR) is 64.1 cm³/mol. The van der Waals surface area contributed by atoms with Crippen LogP contribution in [-0.2, 0) is 4.74 Å². The Morgan fingerprint density at radius 3 is 2.38 bits per heavy atom. The number of methoxy groups -OCH3 is 1. The fourth-order valence-corrected chi connectivity index (χ4v) is 1.26. The van der Waals surface area contributed by atoms with Crippen molar-refractivity contribution in [3.8, 4) is 0 Å². The van der Waals surface area contributed by atoms with Crippen LogP contribution in [0.5, 0.6) is 0 Å². The van der Waals surface area contributed by atoms with Gasteiger partial charge in [-0.25, -0.2) is 0 Å². The van der Waals surface area contributed by atoms with Gasteiger partial charge in [0.2, 0.25) is 5.78 Å². The molecule has 2 N–H and O–H groups in total. The third kappa shape index (κ3) is 3.21. The summed E-state index contributed by atoms with van der Waals surface area (Å²) in [5.74, 6) is -0.175. The largest absolute Gasteiger partial charge is 0.396 e. The molecule has 1 aromatic carbocycles. The van der Waals surface area contributed by atoms with Crippen molar-refractivity contribution in [2.45, 2.75) is 19.4 Å². The van der Waals surface area contributed by atoms with Gasteiger partial charge in [-0.15, -0.1) is 0 Å². The summed E-state index contributed by atoms with van der Waals surface area (Å²) >= 11 is 0. The second kappa shape index (κ2) is 4.94. The van der Waals surface area contributed by atoms with Crippen LogP contribution in [0, 0.1) is 0 Å². The fourth-order valence-electron chi connectivity index (χ4n) is 1.26. The van der Waals surface area contributed by atoms with Crippen LogP contribution in [0.25, 0.3) is 0 Å². The SMILES string of the molecule is COC(C)(C)/C=C(/N)C(=O)c1ccccc1. The van der Waals surface area contributed by atoms with Crippen LogP contribution in [0.2, 0.25) is 0 Å². The van der Waals surface area contributed by atoms with Gasteiger partial charge in [-0.1, -0.05) is 30.3 Å². The average Bonchev–Trinajstić information content (AvgIpc) is 2.28. The minimum Gasteiger partial charge on any atom is -0.396 e. The molecule has 3 heteroatoms. The van der Waals surface area contributed by atoms with Crippen molar-refractivity contribution in [1.29, 1.82) is 0 Å². The van der Waals surface area contributed by atoms with E-state index in [9.17, 15) is 4.79 Å².